The number of pyridine rings is 1. The predicted molar refractivity (Wildman–Crippen MR) is 54.0 cm³/mol. The summed E-state index contributed by atoms with van der Waals surface area (Å²) in [5.74, 6) is 0. The Morgan fingerprint density at radius 1 is 1.31 bits per heavy atom. The van der Waals surface area contributed by atoms with E-state index in [4.69, 9.17) is 0 Å². The number of hydrogen-bond acceptors (Lipinski definition) is 3. The molecule has 2 unspecified atom stereocenters. The first kappa shape index (κ1) is 13.4. The number of aromatic nitrogens is 1. The SMILES string of the molecule is OC(CBr)C(O)c1ccc(C(F)(F)F)cn1. The van der Waals surface area contributed by atoms with Crippen LogP contribution in [0.5, 0.6) is 0 Å². The lowest BCUT2D eigenvalue weighted by Gasteiger charge is -2.15. The molecule has 0 amide bonds. The molecule has 0 bridgehead atoms. The topological polar surface area (TPSA) is 53.4 Å². The molecule has 0 aliphatic carbocycles. The van der Waals surface area contributed by atoms with Gasteiger partial charge < -0.3 is 10.2 Å². The van der Waals surface area contributed by atoms with E-state index in [1.165, 1.54) is 0 Å². The Balaban J connectivity index is 2.87. The van der Waals surface area contributed by atoms with E-state index in [9.17, 15) is 23.4 Å². The van der Waals surface area contributed by atoms with Gasteiger partial charge in [-0.1, -0.05) is 15.9 Å². The van der Waals surface area contributed by atoms with E-state index in [0.717, 1.165) is 12.1 Å². The first-order chi connectivity index (χ1) is 7.36. The van der Waals surface area contributed by atoms with E-state index in [1.54, 1.807) is 0 Å². The van der Waals surface area contributed by atoms with E-state index in [0.29, 0.717) is 6.20 Å². The highest BCUT2D eigenvalue weighted by Gasteiger charge is 2.31. The van der Waals surface area contributed by atoms with Crippen LogP contribution in [0.3, 0.4) is 0 Å². The van der Waals surface area contributed by atoms with Gasteiger partial charge in [0.25, 0.3) is 0 Å². The Kier molecular flexibility index (Phi) is 4.28. The first-order valence-corrected chi connectivity index (χ1v) is 5.43. The van der Waals surface area contributed by atoms with Crippen LogP contribution in [-0.2, 0) is 6.18 Å². The highest BCUT2D eigenvalue weighted by molar-refractivity contribution is 9.09. The number of nitrogens with zero attached hydrogens (tertiary/aromatic N) is 1. The molecule has 1 rings (SSSR count). The number of aliphatic hydroxyl groups is 2. The van der Waals surface area contributed by atoms with Gasteiger partial charge in [-0.2, -0.15) is 13.2 Å². The molecule has 0 radical (unpaired) electrons. The third kappa shape index (κ3) is 3.16. The Morgan fingerprint density at radius 3 is 2.31 bits per heavy atom. The minimum atomic E-state index is -4.45. The lowest BCUT2D eigenvalue weighted by atomic mass is 10.1. The van der Waals surface area contributed by atoms with Crippen LogP contribution >= 0.6 is 15.9 Å². The zero-order valence-electron chi connectivity index (χ0n) is 7.95. The largest absolute Gasteiger partial charge is 0.417 e. The summed E-state index contributed by atoms with van der Waals surface area (Å²) in [5, 5.41) is 18.8. The predicted octanol–water partition coefficient (Wildman–Crippen LogP) is 1.89. The van der Waals surface area contributed by atoms with Crippen molar-refractivity contribution < 1.29 is 23.4 Å². The molecule has 90 valence electrons. The number of hydrogen-bond donors (Lipinski definition) is 2. The maximum absolute atomic E-state index is 12.2. The molecule has 1 aromatic heterocycles. The monoisotopic (exact) mass is 299 g/mol. The molecule has 0 aliphatic heterocycles. The summed E-state index contributed by atoms with van der Waals surface area (Å²) in [6.07, 6.45) is -6.24. The van der Waals surface area contributed by atoms with Crippen LogP contribution in [-0.4, -0.2) is 26.6 Å². The number of aliphatic hydroxyl groups excluding tert-OH is 2. The summed E-state index contributed by atoms with van der Waals surface area (Å²) in [6.45, 7) is 0. The fourth-order valence-corrected chi connectivity index (χ4v) is 1.38. The van der Waals surface area contributed by atoms with Gasteiger partial charge in [0.2, 0.25) is 0 Å². The molecule has 0 fully saturated rings. The van der Waals surface area contributed by atoms with Crippen molar-refractivity contribution in [2.75, 3.05) is 5.33 Å². The van der Waals surface area contributed by atoms with Crippen LogP contribution < -0.4 is 0 Å². The lowest BCUT2D eigenvalue weighted by molar-refractivity contribution is -0.137. The summed E-state index contributed by atoms with van der Waals surface area (Å²) in [4.78, 5) is 3.46. The van der Waals surface area contributed by atoms with Crippen molar-refractivity contribution in [2.45, 2.75) is 18.4 Å². The summed E-state index contributed by atoms with van der Waals surface area (Å²) in [7, 11) is 0. The first-order valence-electron chi connectivity index (χ1n) is 4.31. The molecule has 0 aliphatic rings. The highest BCUT2D eigenvalue weighted by Crippen LogP contribution is 2.29. The van der Waals surface area contributed by atoms with E-state index < -0.39 is 23.9 Å². The van der Waals surface area contributed by atoms with Gasteiger partial charge in [0.15, 0.2) is 0 Å². The average Bonchev–Trinajstić information content (AvgIpc) is 2.26. The molecule has 2 atom stereocenters. The van der Waals surface area contributed by atoms with E-state index in [1.807, 2.05) is 0 Å². The van der Waals surface area contributed by atoms with Gasteiger partial charge in [-0.15, -0.1) is 0 Å². The van der Waals surface area contributed by atoms with Crippen LogP contribution in [0.15, 0.2) is 18.3 Å². The quantitative estimate of drug-likeness (QED) is 0.838. The second kappa shape index (κ2) is 5.11. The zero-order chi connectivity index (χ0) is 12.3. The molecule has 3 nitrogen and oxygen atoms in total. The van der Waals surface area contributed by atoms with Gasteiger partial charge in [-0.25, -0.2) is 0 Å². The molecule has 0 aromatic carbocycles. The maximum Gasteiger partial charge on any atom is 0.417 e. The van der Waals surface area contributed by atoms with Gasteiger partial charge in [0.05, 0.1) is 17.4 Å². The maximum atomic E-state index is 12.2. The molecular weight excluding hydrogens is 291 g/mol. The van der Waals surface area contributed by atoms with Crippen molar-refractivity contribution in [2.24, 2.45) is 0 Å². The van der Waals surface area contributed by atoms with Crippen LogP contribution in [0.25, 0.3) is 0 Å². The van der Waals surface area contributed by atoms with Gasteiger partial charge in [-0.05, 0) is 12.1 Å². The molecule has 7 heteroatoms. The Morgan fingerprint density at radius 2 is 1.94 bits per heavy atom. The minimum absolute atomic E-state index is 0.0000463. The summed E-state index contributed by atoms with van der Waals surface area (Å²) < 4.78 is 36.6. The van der Waals surface area contributed by atoms with E-state index >= 15 is 0 Å². The average molecular weight is 300 g/mol. The van der Waals surface area contributed by atoms with Crippen LogP contribution in [0.2, 0.25) is 0 Å². The third-order valence-corrected chi connectivity index (χ3v) is 2.60. The summed E-state index contributed by atoms with van der Waals surface area (Å²) in [5.41, 5.74) is -0.892. The second-order valence-corrected chi connectivity index (χ2v) is 3.78. The Hall–Kier alpha value is -0.660. The molecule has 0 saturated carbocycles. The molecule has 0 saturated heterocycles. The van der Waals surface area contributed by atoms with Gasteiger partial charge in [0.1, 0.15) is 6.10 Å². The molecular formula is C9H9BrF3NO2. The van der Waals surface area contributed by atoms with Crippen molar-refractivity contribution in [3.63, 3.8) is 0 Å². The van der Waals surface area contributed by atoms with Crippen molar-refractivity contribution >= 4 is 15.9 Å². The van der Waals surface area contributed by atoms with Crippen molar-refractivity contribution in [3.8, 4) is 0 Å². The Bertz CT molecular complexity index is 342. The number of rotatable bonds is 3. The van der Waals surface area contributed by atoms with E-state index in [2.05, 4.69) is 20.9 Å². The second-order valence-electron chi connectivity index (χ2n) is 3.14. The van der Waals surface area contributed by atoms with Crippen molar-refractivity contribution in [3.05, 3.63) is 29.6 Å². The lowest BCUT2D eigenvalue weighted by Crippen LogP contribution is -2.20. The molecule has 1 heterocycles. The summed E-state index contributed by atoms with van der Waals surface area (Å²) in [6, 6.07) is 1.85. The van der Waals surface area contributed by atoms with E-state index in [-0.39, 0.29) is 11.0 Å². The van der Waals surface area contributed by atoms with Crippen LogP contribution in [0.1, 0.15) is 17.4 Å². The fraction of sp³-hybridized carbons (Fsp3) is 0.444. The molecule has 16 heavy (non-hydrogen) atoms. The number of alkyl halides is 4. The minimum Gasteiger partial charge on any atom is -0.389 e. The molecule has 2 N–H and O–H groups in total. The normalized spacial score (nSPS) is 15.9. The smallest absolute Gasteiger partial charge is 0.389 e. The third-order valence-electron chi connectivity index (χ3n) is 1.94. The highest BCUT2D eigenvalue weighted by atomic mass is 79.9. The molecule has 1 aromatic rings. The standard InChI is InChI=1S/C9H9BrF3NO2/c10-3-7(15)8(16)6-2-1-5(4-14-6)9(11,12)13/h1-2,4,7-8,15-16H,3H2. The van der Waals surface area contributed by atoms with Crippen molar-refractivity contribution in [1.29, 1.82) is 0 Å². The van der Waals surface area contributed by atoms with Gasteiger partial charge >= 0.3 is 6.18 Å². The number of halogens is 4. The van der Waals surface area contributed by atoms with Crippen molar-refractivity contribution in [1.82, 2.24) is 4.98 Å². The fourth-order valence-electron chi connectivity index (χ4n) is 1.03. The van der Waals surface area contributed by atoms with Gasteiger partial charge in [0, 0.05) is 11.5 Å². The van der Waals surface area contributed by atoms with Crippen LogP contribution in [0, 0.1) is 0 Å². The molecule has 0 spiro atoms. The Labute approximate surface area is 98.1 Å². The zero-order valence-corrected chi connectivity index (χ0v) is 9.53. The van der Waals surface area contributed by atoms with Crippen LogP contribution in [0.4, 0.5) is 13.2 Å². The summed E-state index contributed by atoms with van der Waals surface area (Å²) >= 11 is 2.94. The van der Waals surface area contributed by atoms with Gasteiger partial charge in [-0.3, -0.25) is 4.98 Å².